The van der Waals surface area contributed by atoms with Crippen molar-refractivity contribution in [2.45, 2.75) is 13.5 Å². The van der Waals surface area contributed by atoms with E-state index in [1.165, 1.54) is 6.08 Å². The zero-order valence-electron chi connectivity index (χ0n) is 20.5. The van der Waals surface area contributed by atoms with Crippen LogP contribution in [0.2, 0.25) is 0 Å². The molecule has 7 heteroatoms. The van der Waals surface area contributed by atoms with Gasteiger partial charge in [0.25, 0.3) is 5.91 Å². The van der Waals surface area contributed by atoms with Crippen LogP contribution in [-0.4, -0.2) is 19.6 Å². The van der Waals surface area contributed by atoms with Gasteiger partial charge in [0.1, 0.15) is 24.0 Å². The van der Waals surface area contributed by atoms with Gasteiger partial charge >= 0.3 is 0 Å². The molecule has 0 fully saturated rings. The highest BCUT2D eigenvalue weighted by molar-refractivity contribution is 9.10. The molecule has 0 bridgehead atoms. The number of anilines is 1. The predicted molar refractivity (Wildman–Crippen MR) is 149 cm³/mol. The summed E-state index contributed by atoms with van der Waals surface area (Å²) in [6.45, 7) is 2.67. The maximum atomic E-state index is 12.8. The van der Waals surface area contributed by atoms with Crippen LogP contribution in [0.3, 0.4) is 0 Å². The first kappa shape index (κ1) is 25.8. The van der Waals surface area contributed by atoms with Crippen molar-refractivity contribution in [3.8, 4) is 23.3 Å². The lowest BCUT2D eigenvalue weighted by Gasteiger charge is -2.15. The molecule has 4 aromatic carbocycles. The highest BCUT2D eigenvalue weighted by Gasteiger charge is 2.15. The second-order valence-electron chi connectivity index (χ2n) is 8.03. The summed E-state index contributed by atoms with van der Waals surface area (Å²) in [6.07, 6.45) is 1.51. The Morgan fingerprint density at radius 1 is 1.00 bits per heavy atom. The van der Waals surface area contributed by atoms with Gasteiger partial charge in [-0.25, -0.2) is 0 Å². The van der Waals surface area contributed by atoms with Gasteiger partial charge in [-0.1, -0.05) is 58.4 Å². The van der Waals surface area contributed by atoms with Crippen LogP contribution in [0.15, 0.2) is 88.9 Å². The number of ether oxygens (including phenoxy) is 3. The molecule has 0 atom stereocenters. The molecule has 0 aromatic heterocycles. The van der Waals surface area contributed by atoms with Crippen LogP contribution in [0, 0.1) is 11.3 Å². The number of rotatable bonds is 9. The van der Waals surface area contributed by atoms with E-state index >= 15 is 0 Å². The van der Waals surface area contributed by atoms with E-state index in [2.05, 4.69) is 39.4 Å². The molecule has 186 valence electrons. The Labute approximate surface area is 224 Å². The topological polar surface area (TPSA) is 80.6 Å². The van der Waals surface area contributed by atoms with Gasteiger partial charge in [0.05, 0.1) is 13.7 Å². The fourth-order valence-corrected chi connectivity index (χ4v) is 4.23. The number of hydrogen-bond acceptors (Lipinski definition) is 5. The van der Waals surface area contributed by atoms with Crippen LogP contribution < -0.4 is 19.5 Å². The molecule has 37 heavy (non-hydrogen) atoms. The molecule has 0 saturated heterocycles. The number of carbonyl (C=O) groups excluding carboxylic acids is 1. The Kier molecular flexibility index (Phi) is 8.44. The number of nitrogens with zero attached hydrogens (tertiary/aromatic N) is 1. The van der Waals surface area contributed by atoms with Crippen molar-refractivity contribution < 1.29 is 19.0 Å². The highest BCUT2D eigenvalue weighted by Crippen LogP contribution is 2.36. The van der Waals surface area contributed by atoms with E-state index in [1.807, 2.05) is 37.3 Å². The molecule has 0 aliphatic rings. The van der Waals surface area contributed by atoms with Crippen molar-refractivity contribution in [3.63, 3.8) is 0 Å². The van der Waals surface area contributed by atoms with E-state index in [4.69, 9.17) is 14.2 Å². The van der Waals surface area contributed by atoms with Crippen molar-refractivity contribution in [2.75, 3.05) is 19.0 Å². The van der Waals surface area contributed by atoms with E-state index in [0.717, 1.165) is 16.3 Å². The minimum absolute atomic E-state index is 0.0524. The van der Waals surface area contributed by atoms with Crippen molar-refractivity contribution in [2.24, 2.45) is 0 Å². The van der Waals surface area contributed by atoms with Crippen LogP contribution in [0.25, 0.3) is 16.8 Å². The van der Waals surface area contributed by atoms with Crippen molar-refractivity contribution >= 4 is 44.4 Å². The smallest absolute Gasteiger partial charge is 0.266 e. The van der Waals surface area contributed by atoms with Gasteiger partial charge in [0, 0.05) is 10.2 Å². The molecule has 0 heterocycles. The van der Waals surface area contributed by atoms with Gasteiger partial charge in [0.15, 0.2) is 11.5 Å². The quantitative estimate of drug-likeness (QED) is 0.175. The molecule has 1 N–H and O–H groups in total. The molecule has 4 aromatic rings. The summed E-state index contributed by atoms with van der Waals surface area (Å²) >= 11 is 3.55. The Balaban J connectivity index is 1.57. The number of nitriles is 1. The lowest BCUT2D eigenvalue weighted by Crippen LogP contribution is -2.13. The molecule has 6 nitrogen and oxygen atoms in total. The van der Waals surface area contributed by atoms with Crippen molar-refractivity contribution in [1.82, 2.24) is 0 Å². The average Bonchev–Trinajstić information content (AvgIpc) is 2.92. The van der Waals surface area contributed by atoms with E-state index in [-0.39, 0.29) is 5.57 Å². The Morgan fingerprint density at radius 3 is 2.46 bits per heavy atom. The van der Waals surface area contributed by atoms with Crippen LogP contribution in [0.1, 0.15) is 18.1 Å². The third-order valence-electron chi connectivity index (χ3n) is 5.64. The van der Waals surface area contributed by atoms with Crippen LogP contribution in [0.4, 0.5) is 5.69 Å². The summed E-state index contributed by atoms with van der Waals surface area (Å²) in [7, 11) is 1.57. The number of methoxy groups -OCH3 is 1. The first-order valence-corrected chi connectivity index (χ1v) is 12.4. The fourth-order valence-electron chi connectivity index (χ4n) is 3.79. The molecular formula is C30H25BrN2O4. The van der Waals surface area contributed by atoms with Crippen LogP contribution in [-0.2, 0) is 11.4 Å². The maximum absolute atomic E-state index is 12.8. The van der Waals surface area contributed by atoms with Crippen molar-refractivity contribution in [3.05, 3.63) is 100 Å². The lowest BCUT2D eigenvalue weighted by molar-refractivity contribution is -0.112. The largest absolute Gasteiger partial charge is 0.497 e. The Hall–Kier alpha value is -4.28. The molecule has 0 unspecified atom stereocenters. The molecule has 0 aliphatic heterocycles. The van der Waals surface area contributed by atoms with Gasteiger partial charge < -0.3 is 19.5 Å². The monoisotopic (exact) mass is 556 g/mol. The predicted octanol–water partition coefficient (Wildman–Crippen LogP) is 7.13. The van der Waals surface area contributed by atoms with E-state index in [0.29, 0.717) is 46.2 Å². The summed E-state index contributed by atoms with van der Waals surface area (Å²) < 4.78 is 17.8. The van der Waals surface area contributed by atoms with Gasteiger partial charge in [0.2, 0.25) is 0 Å². The first-order valence-electron chi connectivity index (χ1n) is 11.7. The van der Waals surface area contributed by atoms with Crippen LogP contribution in [0.5, 0.6) is 17.2 Å². The second-order valence-corrected chi connectivity index (χ2v) is 8.89. The zero-order chi connectivity index (χ0) is 26.2. The minimum atomic E-state index is -0.520. The summed E-state index contributed by atoms with van der Waals surface area (Å²) in [5.41, 5.74) is 2.17. The lowest BCUT2D eigenvalue weighted by atomic mass is 10.1. The normalized spacial score (nSPS) is 11.0. The van der Waals surface area contributed by atoms with Gasteiger partial charge in [-0.2, -0.15) is 5.26 Å². The zero-order valence-corrected chi connectivity index (χ0v) is 22.0. The second kappa shape index (κ2) is 12.1. The molecule has 1 amide bonds. The average molecular weight is 557 g/mol. The molecular weight excluding hydrogens is 532 g/mol. The fraction of sp³-hybridized carbons (Fsp3) is 0.133. The Morgan fingerprint density at radius 2 is 1.73 bits per heavy atom. The molecule has 4 rings (SSSR count). The number of halogens is 1. The first-order chi connectivity index (χ1) is 18.0. The molecule has 0 spiro atoms. The number of nitrogens with one attached hydrogen (secondary N) is 1. The molecule has 0 saturated carbocycles. The number of carbonyl (C=O) groups is 1. The maximum Gasteiger partial charge on any atom is 0.266 e. The Bertz CT molecular complexity index is 1480. The third-order valence-corrected chi connectivity index (χ3v) is 6.33. The van der Waals surface area contributed by atoms with Gasteiger partial charge in [-0.05, 0) is 71.3 Å². The molecule has 0 radical (unpaired) electrons. The van der Waals surface area contributed by atoms with E-state index < -0.39 is 5.91 Å². The summed E-state index contributed by atoms with van der Waals surface area (Å²) in [4.78, 5) is 12.8. The SMILES string of the molecule is CCOc1cc(/C=C(\C#N)C(=O)Nc2ccc(OC)cc2)c(Br)cc1OCc1cccc2ccccc12. The summed E-state index contributed by atoms with van der Waals surface area (Å²) in [5.74, 6) is 1.23. The summed E-state index contributed by atoms with van der Waals surface area (Å²) in [5, 5.41) is 14.7. The molecule has 0 aliphatic carbocycles. The standard InChI is InChI=1S/C30H25BrN2O4/c1-3-36-28-16-22(15-23(18-32)30(34)33-24-11-13-25(35-2)14-12-24)27(31)17-29(28)37-19-21-9-6-8-20-7-4-5-10-26(20)21/h4-17H,3,19H2,1-2H3,(H,33,34)/b23-15+. The summed E-state index contributed by atoms with van der Waals surface area (Å²) in [6, 6.07) is 26.7. The minimum Gasteiger partial charge on any atom is -0.497 e. The van der Waals surface area contributed by atoms with E-state index in [1.54, 1.807) is 43.5 Å². The number of amides is 1. The highest BCUT2D eigenvalue weighted by atomic mass is 79.9. The van der Waals surface area contributed by atoms with Crippen LogP contribution >= 0.6 is 15.9 Å². The van der Waals surface area contributed by atoms with Gasteiger partial charge in [-0.15, -0.1) is 0 Å². The van der Waals surface area contributed by atoms with Gasteiger partial charge in [-0.3, -0.25) is 4.79 Å². The van der Waals surface area contributed by atoms with Crippen molar-refractivity contribution in [1.29, 1.82) is 5.26 Å². The number of benzene rings is 4. The number of fused-ring (bicyclic) bond motifs is 1. The third kappa shape index (κ3) is 6.29. The van der Waals surface area contributed by atoms with E-state index in [9.17, 15) is 10.1 Å². The number of hydrogen-bond donors (Lipinski definition) is 1.